The lowest BCUT2D eigenvalue weighted by Crippen LogP contribution is -2.20. The van der Waals surface area contributed by atoms with Gasteiger partial charge in [-0.3, -0.25) is 10.1 Å². The fourth-order valence-corrected chi connectivity index (χ4v) is 1.79. The molecule has 1 saturated heterocycles. The highest BCUT2D eigenvalue weighted by Crippen LogP contribution is 2.23. The van der Waals surface area contributed by atoms with Crippen LogP contribution in [0.1, 0.15) is 5.56 Å². The second-order valence-electron chi connectivity index (χ2n) is 3.68. The third kappa shape index (κ3) is 2.47. The molecule has 0 aliphatic carbocycles. The van der Waals surface area contributed by atoms with Crippen LogP contribution >= 0.6 is 11.6 Å². The van der Waals surface area contributed by atoms with E-state index >= 15 is 0 Å². The Bertz CT molecular complexity index is 489. The molecule has 1 aliphatic rings. The Morgan fingerprint density at radius 1 is 1.71 bits per heavy atom. The highest BCUT2D eigenvalue weighted by Gasteiger charge is 2.21. The van der Waals surface area contributed by atoms with E-state index in [9.17, 15) is 10.1 Å². The van der Waals surface area contributed by atoms with Crippen LogP contribution in [0.25, 0.3) is 0 Å². The summed E-state index contributed by atoms with van der Waals surface area (Å²) < 4.78 is 0. The topological polar surface area (TPSA) is 71.3 Å². The first-order chi connectivity index (χ1) is 8.08. The van der Waals surface area contributed by atoms with E-state index in [2.05, 4.69) is 10.3 Å². The van der Waals surface area contributed by atoms with E-state index in [1.165, 1.54) is 0 Å². The number of aromatic nitrogens is 1. The molecule has 0 aromatic carbocycles. The van der Waals surface area contributed by atoms with E-state index < -0.39 is 4.92 Å². The van der Waals surface area contributed by atoms with Gasteiger partial charge in [-0.05, 0) is 18.6 Å². The van der Waals surface area contributed by atoms with E-state index in [1.807, 2.05) is 13.0 Å². The third-order valence-electron chi connectivity index (χ3n) is 2.47. The van der Waals surface area contributed by atoms with Gasteiger partial charge < -0.3 is 10.2 Å². The van der Waals surface area contributed by atoms with Crippen molar-refractivity contribution in [1.29, 1.82) is 0 Å². The fraction of sp³-hybridized carbons (Fsp3) is 0.300. The number of aryl methyl sites for hydroxylation is 1. The van der Waals surface area contributed by atoms with E-state index in [-0.39, 0.29) is 0 Å². The van der Waals surface area contributed by atoms with Crippen LogP contribution in [0.5, 0.6) is 0 Å². The summed E-state index contributed by atoms with van der Waals surface area (Å²) in [6, 6.07) is 1.86. The van der Waals surface area contributed by atoms with E-state index in [4.69, 9.17) is 11.6 Å². The molecule has 0 saturated carbocycles. The molecule has 17 heavy (non-hydrogen) atoms. The summed E-state index contributed by atoms with van der Waals surface area (Å²) in [5, 5.41) is 13.9. The maximum Gasteiger partial charge on any atom is 0.274 e. The molecule has 0 radical (unpaired) electrons. The summed E-state index contributed by atoms with van der Waals surface area (Å²) in [6.45, 7) is 3.18. The Hall–Kier alpha value is -1.82. The number of nitrogens with zero attached hydrogens (tertiary/aromatic N) is 3. The average molecular weight is 255 g/mol. The third-order valence-corrected chi connectivity index (χ3v) is 2.87. The molecule has 0 unspecified atom stereocenters. The van der Waals surface area contributed by atoms with Crippen LogP contribution in [0, 0.1) is 17.0 Å². The van der Waals surface area contributed by atoms with Crippen molar-refractivity contribution in [2.45, 2.75) is 6.92 Å². The van der Waals surface area contributed by atoms with Crippen LogP contribution in [-0.2, 0) is 0 Å². The number of hydrogen-bond acceptors (Lipinski definition) is 5. The van der Waals surface area contributed by atoms with Crippen LogP contribution in [-0.4, -0.2) is 23.0 Å². The zero-order chi connectivity index (χ0) is 12.4. The van der Waals surface area contributed by atoms with Gasteiger partial charge in [0.1, 0.15) is 5.15 Å². The van der Waals surface area contributed by atoms with Crippen LogP contribution in [0.4, 0.5) is 5.69 Å². The summed E-state index contributed by atoms with van der Waals surface area (Å²) in [7, 11) is 0. The number of rotatable bonds is 2. The molecule has 0 amide bonds. The Balaban J connectivity index is 2.32. The van der Waals surface area contributed by atoms with Crippen molar-refractivity contribution in [1.82, 2.24) is 10.3 Å². The second kappa shape index (κ2) is 4.58. The van der Waals surface area contributed by atoms with Crippen LogP contribution in [0.15, 0.2) is 24.3 Å². The number of hydrogen-bond donors (Lipinski definition) is 1. The fourth-order valence-electron chi connectivity index (χ4n) is 1.69. The molecule has 7 heteroatoms. The smallest absolute Gasteiger partial charge is 0.274 e. The largest absolute Gasteiger partial charge is 0.365 e. The minimum absolute atomic E-state index is 0.445. The molecule has 1 fully saturated rings. The van der Waals surface area contributed by atoms with Crippen LogP contribution in [0.2, 0.25) is 5.15 Å². The van der Waals surface area contributed by atoms with Gasteiger partial charge in [0.25, 0.3) is 6.20 Å². The standard InChI is InChI=1S/C10H11ClN4O2/c1-7-4-8(5-13-10(7)11)14-3-2-12-9(14)6-15(16)17/h4-6,12H,2-3H2,1H3/b9-6+. The molecule has 1 aliphatic heterocycles. The average Bonchev–Trinajstić information content (AvgIpc) is 2.69. The van der Waals surface area contributed by atoms with Crippen molar-refractivity contribution in [3.8, 4) is 0 Å². The molecule has 0 spiro atoms. The predicted molar refractivity (Wildman–Crippen MR) is 64.4 cm³/mol. The molecule has 1 N–H and O–H groups in total. The Labute approximate surface area is 103 Å². The van der Waals surface area contributed by atoms with Crippen molar-refractivity contribution in [2.75, 3.05) is 18.0 Å². The van der Waals surface area contributed by atoms with E-state index in [0.717, 1.165) is 17.5 Å². The first-order valence-electron chi connectivity index (χ1n) is 5.07. The van der Waals surface area contributed by atoms with Crippen molar-refractivity contribution < 1.29 is 4.92 Å². The quantitative estimate of drug-likeness (QED) is 0.492. The van der Waals surface area contributed by atoms with Gasteiger partial charge >= 0.3 is 0 Å². The van der Waals surface area contributed by atoms with Gasteiger partial charge in [0.15, 0.2) is 5.82 Å². The maximum atomic E-state index is 10.5. The summed E-state index contributed by atoms with van der Waals surface area (Å²) in [5.41, 5.74) is 1.64. The van der Waals surface area contributed by atoms with Crippen molar-refractivity contribution in [3.63, 3.8) is 0 Å². The second-order valence-corrected chi connectivity index (χ2v) is 4.04. The van der Waals surface area contributed by atoms with Crippen molar-refractivity contribution in [3.05, 3.63) is 45.1 Å². The zero-order valence-corrected chi connectivity index (χ0v) is 9.94. The highest BCUT2D eigenvalue weighted by atomic mass is 35.5. The number of anilines is 1. The highest BCUT2D eigenvalue weighted by molar-refractivity contribution is 6.30. The Kier molecular flexibility index (Phi) is 3.14. The molecule has 1 aromatic heterocycles. The van der Waals surface area contributed by atoms with E-state index in [0.29, 0.717) is 24.1 Å². The molecule has 0 bridgehead atoms. The normalized spacial score (nSPS) is 17.3. The monoisotopic (exact) mass is 254 g/mol. The zero-order valence-electron chi connectivity index (χ0n) is 9.18. The molecule has 1 aromatic rings. The minimum Gasteiger partial charge on any atom is -0.365 e. The summed E-state index contributed by atoms with van der Waals surface area (Å²) in [6.07, 6.45) is 2.56. The number of nitro groups is 1. The lowest BCUT2D eigenvalue weighted by atomic mass is 10.3. The minimum atomic E-state index is -0.475. The molecule has 2 rings (SSSR count). The molecule has 90 valence electrons. The summed E-state index contributed by atoms with van der Waals surface area (Å²) >= 11 is 5.84. The molecular weight excluding hydrogens is 244 g/mol. The van der Waals surface area contributed by atoms with Gasteiger partial charge in [0, 0.05) is 13.1 Å². The first kappa shape index (κ1) is 11.7. The van der Waals surface area contributed by atoms with Gasteiger partial charge in [0.2, 0.25) is 0 Å². The number of nitrogens with one attached hydrogen (secondary N) is 1. The maximum absolute atomic E-state index is 10.5. The lowest BCUT2D eigenvalue weighted by molar-refractivity contribution is -0.403. The Morgan fingerprint density at radius 2 is 2.47 bits per heavy atom. The number of halogens is 1. The summed E-state index contributed by atoms with van der Waals surface area (Å²) in [4.78, 5) is 15.8. The molecule has 6 nitrogen and oxygen atoms in total. The van der Waals surface area contributed by atoms with Gasteiger partial charge in [-0.1, -0.05) is 11.6 Å². The van der Waals surface area contributed by atoms with Crippen LogP contribution in [0.3, 0.4) is 0 Å². The first-order valence-corrected chi connectivity index (χ1v) is 5.44. The van der Waals surface area contributed by atoms with Gasteiger partial charge in [0.05, 0.1) is 16.8 Å². The van der Waals surface area contributed by atoms with Crippen LogP contribution < -0.4 is 10.2 Å². The predicted octanol–water partition coefficient (Wildman–Crippen LogP) is 1.53. The number of pyridine rings is 1. The van der Waals surface area contributed by atoms with Gasteiger partial charge in [-0.25, -0.2) is 4.98 Å². The van der Waals surface area contributed by atoms with Crippen molar-refractivity contribution >= 4 is 17.3 Å². The van der Waals surface area contributed by atoms with Crippen molar-refractivity contribution in [2.24, 2.45) is 0 Å². The summed E-state index contributed by atoms with van der Waals surface area (Å²) in [5.74, 6) is 0.471. The Morgan fingerprint density at radius 3 is 3.12 bits per heavy atom. The molecular formula is C10H11ClN4O2. The van der Waals surface area contributed by atoms with Gasteiger partial charge in [-0.15, -0.1) is 0 Å². The molecule has 0 atom stereocenters. The lowest BCUT2D eigenvalue weighted by Gasteiger charge is -2.17. The molecule has 2 heterocycles. The SMILES string of the molecule is Cc1cc(N2CCN/C2=C\[N+](=O)[O-])cnc1Cl. The van der Waals surface area contributed by atoms with E-state index in [1.54, 1.807) is 11.1 Å². The van der Waals surface area contributed by atoms with Gasteiger partial charge in [-0.2, -0.15) is 0 Å².